The van der Waals surface area contributed by atoms with Crippen molar-refractivity contribution in [2.24, 2.45) is 0 Å². The lowest BCUT2D eigenvalue weighted by Gasteiger charge is -2.21. The van der Waals surface area contributed by atoms with Gasteiger partial charge >= 0.3 is 0 Å². The third kappa shape index (κ3) is 3.38. The van der Waals surface area contributed by atoms with E-state index >= 15 is 0 Å². The molecule has 2 heterocycles. The molecule has 7 aromatic rings. The van der Waals surface area contributed by atoms with E-state index in [9.17, 15) is 0 Å². The lowest BCUT2D eigenvalue weighted by molar-refractivity contribution is 1.66. The van der Waals surface area contributed by atoms with E-state index in [2.05, 4.69) is 160 Å². The number of benzene rings is 7. The van der Waals surface area contributed by atoms with Gasteiger partial charge in [-0.1, -0.05) is 148 Å². The van der Waals surface area contributed by atoms with Crippen LogP contribution in [0.3, 0.4) is 0 Å². The molecule has 0 atom stereocenters. The minimum Gasteiger partial charge on any atom is -0.0623 e. The lowest BCUT2D eigenvalue weighted by atomic mass is 9.85. The summed E-state index contributed by atoms with van der Waals surface area (Å²) in [5.74, 6) is 0. The Morgan fingerprint density at radius 3 is 1.02 bits per heavy atom. The molecule has 0 amide bonds. The Labute approximate surface area is 261 Å². The maximum atomic E-state index is 2.50. The van der Waals surface area contributed by atoms with Crippen molar-refractivity contribution in [2.45, 2.75) is 26.2 Å². The van der Waals surface area contributed by atoms with E-state index < -0.39 is 16.1 Å². The zero-order valence-electron chi connectivity index (χ0n) is 25.7. The molecule has 0 saturated heterocycles. The van der Waals surface area contributed by atoms with E-state index in [0.29, 0.717) is 0 Å². The quantitative estimate of drug-likeness (QED) is 0.138. The average Bonchev–Trinajstić information content (AvgIpc) is 3.42. The molecule has 0 unspecified atom stereocenters. The molecule has 0 saturated carbocycles. The highest BCUT2D eigenvalue weighted by Gasteiger charge is 2.38. The first-order valence-corrected chi connectivity index (χ1v) is 21.8. The van der Waals surface area contributed by atoms with Crippen LogP contribution in [0.2, 0.25) is 26.2 Å². The second-order valence-corrected chi connectivity index (χ2v) is 22.4. The number of fused-ring (bicyclic) bond motifs is 8. The Morgan fingerprint density at radius 2 is 0.636 bits per heavy atom. The summed E-state index contributed by atoms with van der Waals surface area (Å²) in [6.45, 7) is 9.98. The summed E-state index contributed by atoms with van der Waals surface area (Å²) < 4.78 is 0. The van der Waals surface area contributed by atoms with Gasteiger partial charge in [0.25, 0.3) is 0 Å². The Morgan fingerprint density at radius 1 is 0.318 bits per heavy atom. The van der Waals surface area contributed by atoms with Crippen LogP contribution in [0.4, 0.5) is 0 Å². The second kappa shape index (κ2) is 9.01. The Hall–Kier alpha value is -4.51. The van der Waals surface area contributed by atoms with Crippen molar-refractivity contribution in [1.29, 1.82) is 0 Å². The first kappa shape index (κ1) is 25.9. The van der Waals surface area contributed by atoms with Crippen LogP contribution in [-0.2, 0) is 0 Å². The van der Waals surface area contributed by atoms with Gasteiger partial charge in [0.15, 0.2) is 0 Å². The molecular formula is C42H34Si2. The second-order valence-electron chi connectivity index (χ2n) is 13.7. The molecule has 0 spiro atoms. The predicted octanol–water partition coefficient (Wildman–Crippen LogP) is 8.93. The van der Waals surface area contributed by atoms with Gasteiger partial charge < -0.3 is 0 Å². The van der Waals surface area contributed by atoms with E-state index in [1.165, 1.54) is 66.1 Å². The molecule has 0 N–H and O–H groups in total. The molecule has 0 aliphatic carbocycles. The molecule has 0 fully saturated rings. The van der Waals surface area contributed by atoms with Crippen LogP contribution in [-0.4, -0.2) is 16.1 Å². The first-order chi connectivity index (χ1) is 21.4. The number of rotatable bonds is 2. The van der Waals surface area contributed by atoms with Crippen LogP contribution in [0.15, 0.2) is 133 Å². The summed E-state index contributed by atoms with van der Waals surface area (Å²) in [4.78, 5) is 0. The lowest BCUT2D eigenvalue weighted by Crippen LogP contribution is -2.49. The molecule has 7 aromatic carbocycles. The number of hydrogen-bond donors (Lipinski definition) is 0. The molecule has 0 radical (unpaired) electrons. The summed E-state index contributed by atoms with van der Waals surface area (Å²) >= 11 is 0. The fraction of sp³-hybridized carbons (Fsp3) is 0.0952. The van der Waals surface area contributed by atoms with Gasteiger partial charge in [-0.15, -0.1) is 0 Å². The van der Waals surface area contributed by atoms with Crippen molar-refractivity contribution in [2.75, 3.05) is 0 Å². The monoisotopic (exact) mass is 594 g/mol. The van der Waals surface area contributed by atoms with Gasteiger partial charge in [0.1, 0.15) is 16.1 Å². The average molecular weight is 595 g/mol. The minimum atomic E-state index is -1.71. The van der Waals surface area contributed by atoms with E-state index in [1.54, 1.807) is 20.7 Å². The van der Waals surface area contributed by atoms with Gasteiger partial charge in [0.05, 0.1) is 0 Å². The van der Waals surface area contributed by atoms with Crippen LogP contribution < -0.4 is 20.7 Å². The largest absolute Gasteiger partial charge is 0.113 e. The fourth-order valence-corrected chi connectivity index (χ4v) is 14.7. The molecule has 2 aliphatic heterocycles. The van der Waals surface area contributed by atoms with Gasteiger partial charge in [0.2, 0.25) is 0 Å². The highest BCUT2D eigenvalue weighted by atomic mass is 28.3. The SMILES string of the molecule is C[Si]1(C)c2ccccc2-c2cc(-c3c4ccccc4c(-c4ccc5c(c4)-c4ccccc4[Si]5(C)C)c4ccccc34)ccc21. The van der Waals surface area contributed by atoms with Crippen molar-refractivity contribution in [1.82, 2.24) is 0 Å². The van der Waals surface area contributed by atoms with Crippen LogP contribution in [0, 0.1) is 0 Å². The summed E-state index contributed by atoms with van der Waals surface area (Å²) in [5.41, 5.74) is 11.0. The highest BCUT2D eigenvalue weighted by molar-refractivity contribution is 7.04. The standard InChI is InChI=1S/C42H34Si2/c1-43(2)37-19-11-9-13-29(37)35-25-27(21-23-39(35)43)41-31-15-5-7-17-33(31)42(34-18-8-6-16-32(34)41)28-22-24-40-36(26-28)30-14-10-12-20-38(30)44(40,3)4/h5-26H,1-4H3. The van der Waals surface area contributed by atoms with E-state index in [1.807, 2.05) is 0 Å². The smallest absolute Gasteiger partial charge is 0.0623 e. The topological polar surface area (TPSA) is 0 Å². The number of hydrogen-bond acceptors (Lipinski definition) is 0. The van der Waals surface area contributed by atoms with Crippen molar-refractivity contribution in [3.05, 3.63) is 133 Å². The zero-order chi connectivity index (χ0) is 29.8. The zero-order valence-corrected chi connectivity index (χ0v) is 27.7. The van der Waals surface area contributed by atoms with Crippen LogP contribution in [0.25, 0.3) is 66.1 Å². The van der Waals surface area contributed by atoms with Crippen molar-refractivity contribution < 1.29 is 0 Å². The Bertz CT molecular complexity index is 2120. The summed E-state index contributed by atoms with van der Waals surface area (Å²) in [6.07, 6.45) is 0. The molecular weight excluding hydrogens is 561 g/mol. The normalized spacial score (nSPS) is 15.2. The fourth-order valence-electron chi connectivity index (χ4n) is 8.50. The molecule has 0 aromatic heterocycles. The Balaban J connectivity index is 1.32. The summed E-state index contributed by atoms with van der Waals surface area (Å²) in [6, 6.07) is 51.0. The maximum absolute atomic E-state index is 2.50. The molecule has 210 valence electrons. The summed E-state index contributed by atoms with van der Waals surface area (Å²) in [7, 11) is -3.41. The molecule has 0 nitrogen and oxygen atoms in total. The third-order valence-electron chi connectivity index (χ3n) is 10.7. The molecule has 9 rings (SSSR count). The molecule has 2 aliphatic rings. The third-order valence-corrected chi connectivity index (χ3v) is 17.8. The van der Waals surface area contributed by atoms with Crippen molar-refractivity contribution >= 4 is 58.4 Å². The van der Waals surface area contributed by atoms with Gasteiger partial charge in [-0.2, -0.15) is 0 Å². The summed E-state index contributed by atoms with van der Waals surface area (Å²) in [5, 5.41) is 11.5. The van der Waals surface area contributed by atoms with Gasteiger partial charge in [-0.05, 0) is 98.9 Å². The van der Waals surface area contributed by atoms with Crippen molar-refractivity contribution in [3.63, 3.8) is 0 Å². The highest BCUT2D eigenvalue weighted by Crippen LogP contribution is 2.45. The van der Waals surface area contributed by atoms with Crippen molar-refractivity contribution in [3.8, 4) is 44.5 Å². The van der Waals surface area contributed by atoms with Crippen LogP contribution in [0.1, 0.15) is 0 Å². The van der Waals surface area contributed by atoms with Gasteiger partial charge in [-0.3, -0.25) is 0 Å². The van der Waals surface area contributed by atoms with Crippen LogP contribution >= 0.6 is 0 Å². The van der Waals surface area contributed by atoms with Gasteiger partial charge in [-0.25, -0.2) is 0 Å². The van der Waals surface area contributed by atoms with E-state index in [4.69, 9.17) is 0 Å². The maximum Gasteiger partial charge on any atom is 0.113 e. The van der Waals surface area contributed by atoms with E-state index in [0.717, 1.165) is 0 Å². The molecule has 2 heteroatoms. The Kier molecular flexibility index (Phi) is 5.31. The van der Waals surface area contributed by atoms with E-state index in [-0.39, 0.29) is 0 Å². The minimum absolute atomic E-state index is 1.31. The molecule has 44 heavy (non-hydrogen) atoms. The van der Waals surface area contributed by atoms with Crippen LogP contribution in [0.5, 0.6) is 0 Å². The predicted molar refractivity (Wildman–Crippen MR) is 197 cm³/mol. The first-order valence-electron chi connectivity index (χ1n) is 15.8. The molecule has 0 bridgehead atoms. The van der Waals surface area contributed by atoms with Gasteiger partial charge in [0, 0.05) is 0 Å².